The number of carbonyl (C=O) groups is 2. The van der Waals surface area contributed by atoms with E-state index >= 15 is 0 Å². The average molecular weight is 361 g/mol. The molecule has 1 heterocycles. The number of anilines is 2. The van der Waals surface area contributed by atoms with Gasteiger partial charge in [-0.1, -0.05) is 23.7 Å². The molecule has 1 aliphatic heterocycles. The fourth-order valence-electron chi connectivity index (χ4n) is 2.66. The minimum absolute atomic E-state index is 0.126. The third kappa shape index (κ3) is 3.53. The van der Waals surface area contributed by atoms with Gasteiger partial charge in [0.25, 0.3) is 5.91 Å². The van der Waals surface area contributed by atoms with Crippen molar-refractivity contribution >= 4 is 34.8 Å². The third-order valence-electron chi connectivity index (χ3n) is 3.87. The van der Waals surface area contributed by atoms with Crippen molar-refractivity contribution in [1.82, 2.24) is 0 Å². The summed E-state index contributed by atoms with van der Waals surface area (Å²) in [7, 11) is 1.50. The number of carbonyl (C=O) groups excluding carboxylic acids is 2. The molecule has 0 aliphatic carbocycles. The summed E-state index contributed by atoms with van der Waals surface area (Å²) in [6, 6.07) is 12.0. The highest BCUT2D eigenvalue weighted by atomic mass is 35.5. The predicted molar refractivity (Wildman–Crippen MR) is 95.5 cm³/mol. The molecule has 1 atom stereocenters. The first-order valence-electron chi connectivity index (χ1n) is 7.68. The van der Waals surface area contributed by atoms with E-state index in [1.165, 1.54) is 18.9 Å². The Hall–Kier alpha value is -2.73. The molecule has 0 radical (unpaired) electrons. The van der Waals surface area contributed by atoms with Gasteiger partial charge in [0.05, 0.1) is 25.0 Å². The largest absolute Gasteiger partial charge is 0.495 e. The van der Waals surface area contributed by atoms with E-state index < -0.39 is 6.10 Å². The number of rotatable bonds is 3. The van der Waals surface area contributed by atoms with Crippen molar-refractivity contribution < 1.29 is 19.1 Å². The minimum Gasteiger partial charge on any atom is -0.495 e. The Bertz CT molecular complexity index is 824. The van der Waals surface area contributed by atoms with Gasteiger partial charge in [0.15, 0.2) is 6.10 Å². The molecule has 3 rings (SSSR count). The summed E-state index contributed by atoms with van der Waals surface area (Å²) in [5.74, 6) is 0.426. The van der Waals surface area contributed by atoms with Crippen molar-refractivity contribution in [3.63, 3.8) is 0 Å². The predicted octanol–water partition coefficient (Wildman–Crippen LogP) is 3.10. The van der Waals surface area contributed by atoms with Crippen LogP contribution < -0.4 is 19.7 Å². The van der Waals surface area contributed by atoms with Gasteiger partial charge in [-0.2, -0.15) is 0 Å². The molecule has 0 spiro atoms. The summed E-state index contributed by atoms with van der Waals surface area (Å²) in [5.41, 5.74) is 1.09. The van der Waals surface area contributed by atoms with E-state index in [1.807, 2.05) is 6.07 Å². The van der Waals surface area contributed by atoms with Crippen LogP contribution in [0.4, 0.5) is 11.4 Å². The van der Waals surface area contributed by atoms with Crippen molar-refractivity contribution in [1.29, 1.82) is 0 Å². The number of nitrogens with one attached hydrogen (secondary N) is 1. The van der Waals surface area contributed by atoms with E-state index in [4.69, 9.17) is 21.1 Å². The standard InChI is InChI=1S/C18H17ClN2O4/c1-11(22)21-10-17(25-16-6-4-3-5-14(16)21)18(23)20-13-9-12(19)7-8-15(13)24-2/h3-9,17H,10H2,1-2H3,(H,20,23)/t17-/m1/s1. The van der Waals surface area contributed by atoms with Crippen LogP contribution in [0.25, 0.3) is 0 Å². The van der Waals surface area contributed by atoms with Crippen LogP contribution in [0.1, 0.15) is 6.92 Å². The Balaban J connectivity index is 1.84. The second kappa shape index (κ2) is 7.03. The number of para-hydroxylation sites is 2. The van der Waals surface area contributed by atoms with Crippen LogP contribution in [0.3, 0.4) is 0 Å². The Morgan fingerprint density at radius 2 is 2.04 bits per heavy atom. The van der Waals surface area contributed by atoms with Crippen molar-refractivity contribution in [3.8, 4) is 11.5 Å². The van der Waals surface area contributed by atoms with E-state index in [-0.39, 0.29) is 18.4 Å². The summed E-state index contributed by atoms with van der Waals surface area (Å²) >= 11 is 5.98. The van der Waals surface area contributed by atoms with Crippen molar-refractivity contribution in [2.45, 2.75) is 13.0 Å². The van der Waals surface area contributed by atoms with Crippen LogP contribution in [-0.4, -0.2) is 31.6 Å². The lowest BCUT2D eigenvalue weighted by Crippen LogP contribution is -2.48. The molecule has 0 saturated carbocycles. The Labute approximate surface area is 150 Å². The molecule has 2 amide bonds. The Morgan fingerprint density at radius 3 is 2.76 bits per heavy atom. The number of benzene rings is 2. The maximum atomic E-state index is 12.7. The molecule has 0 saturated heterocycles. The first-order valence-corrected chi connectivity index (χ1v) is 8.05. The first kappa shape index (κ1) is 17.1. The average Bonchev–Trinajstić information content (AvgIpc) is 2.60. The second-order valence-corrected chi connectivity index (χ2v) is 5.97. The lowest BCUT2D eigenvalue weighted by molar-refractivity contribution is -0.123. The number of amides is 2. The maximum Gasteiger partial charge on any atom is 0.267 e. The first-order chi connectivity index (χ1) is 12.0. The lowest BCUT2D eigenvalue weighted by Gasteiger charge is -2.33. The monoisotopic (exact) mass is 360 g/mol. The third-order valence-corrected chi connectivity index (χ3v) is 4.10. The number of ether oxygens (including phenoxy) is 2. The highest BCUT2D eigenvalue weighted by Crippen LogP contribution is 2.34. The van der Waals surface area contributed by atoms with Crippen LogP contribution in [0.2, 0.25) is 5.02 Å². The van der Waals surface area contributed by atoms with Gasteiger partial charge < -0.3 is 19.7 Å². The molecule has 0 unspecified atom stereocenters. The van der Waals surface area contributed by atoms with Gasteiger partial charge in [0.1, 0.15) is 11.5 Å². The fraction of sp³-hybridized carbons (Fsp3) is 0.222. The Kier molecular flexibility index (Phi) is 4.81. The number of fused-ring (bicyclic) bond motifs is 1. The van der Waals surface area contributed by atoms with E-state index in [9.17, 15) is 9.59 Å². The molecule has 25 heavy (non-hydrogen) atoms. The number of methoxy groups -OCH3 is 1. The van der Waals surface area contributed by atoms with Crippen LogP contribution in [0.15, 0.2) is 42.5 Å². The summed E-state index contributed by atoms with van der Waals surface area (Å²) in [6.07, 6.45) is -0.845. The highest BCUT2D eigenvalue weighted by molar-refractivity contribution is 6.31. The van der Waals surface area contributed by atoms with Crippen LogP contribution >= 0.6 is 11.6 Å². The van der Waals surface area contributed by atoms with Gasteiger partial charge >= 0.3 is 0 Å². The number of nitrogens with zero attached hydrogens (tertiary/aromatic N) is 1. The Morgan fingerprint density at radius 1 is 1.28 bits per heavy atom. The molecular formula is C18H17ClN2O4. The molecule has 7 heteroatoms. The van der Waals surface area contributed by atoms with Crippen LogP contribution in [0.5, 0.6) is 11.5 Å². The lowest BCUT2D eigenvalue weighted by atomic mass is 10.1. The topological polar surface area (TPSA) is 67.9 Å². The van der Waals surface area contributed by atoms with Crippen molar-refractivity contribution in [2.75, 3.05) is 23.9 Å². The summed E-state index contributed by atoms with van der Waals surface area (Å²) in [5, 5.41) is 3.22. The number of hydrogen-bond donors (Lipinski definition) is 1. The van der Waals surface area contributed by atoms with Gasteiger partial charge in [-0.25, -0.2) is 0 Å². The van der Waals surface area contributed by atoms with E-state index in [2.05, 4.69) is 5.32 Å². The maximum absolute atomic E-state index is 12.7. The molecule has 2 aromatic rings. The zero-order valence-electron chi connectivity index (χ0n) is 13.8. The molecule has 6 nitrogen and oxygen atoms in total. The molecule has 0 bridgehead atoms. The second-order valence-electron chi connectivity index (χ2n) is 5.54. The van der Waals surface area contributed by atoms with Crippen molar-refractivity contribution in [3.05, 3.63) is 47.5 Å². The molecular weight excluding hydrogens is 344 g/mol. The fourth-order valence-corrected chi connectivity index (χ4v) is 2.83. The van der Waals surface area contributed by atoms with E-state index in [0.29, 0.717) is 27.9 Å². The number of hydrogen-bond acceptors (Lipinski definition) is 4. The van der Waals surface area contributed by atoms with E-state index in [0.717, 1.165) is 0 Å². The molecule has 1 aliphatic rings. The van der Waals surface area contributed by atoms with Gasteiger partial charge in [0, 0.05) is 11.9 Å². The van der Waals surface area contributed by atoms with Gasteiger partial charge in [-0.05, 0) is 30.3 Å². The van der Waals surface area contributed by atoms with Crippen LogP contribution in [-0.2, 0) is 9.59 Å². The van der Waals surface area contributed by atoms with Gasteiger partial charge in [0.2, 0.25) is 5.91 Å². The van der Waals surface area contributed by atoms with Gasteiger partial charge in [-0.15, -0.1) is 0 Å². The summed E-state index contributed by atoms with van der Waals surface area (Å²) in [6.45, 7) is 1.58. The smallest absolute Gasteiger partial charge is 0.267 e. The minimum atomic E-state index is -0.845. The number of halogens is 1. The SMILES string of the molecule is COc1ccc(Cl)cc1NC(=O)[C@H]1CN(C(C)=O)c2ccccc2O1. The normalized spacial score (nSPS) is 15.8. The van der Waals surface area contributed by atoms with E-state index in [1.54, 1.807) is 36.4 Å². The highest BCUT2D eigenvalue weighted by Gasteiger charge is 2.32. The molecule has 130 valence electrons. The summed E-state index contributed by atoms with van der Waals surface area (Å²) < 4.78 is 11.0. The van der Waals surface area contributed by atoms with Crippen molar-refractivity contribution in [2.24, 2.45) is 0 Å². The molecule has 0 fully saturated rings. The zero-order chi connectivity index (χ0) is 18.0. The zero-order valence-corrected chi connectivity index (χ0v) is 14.5. The van der Waals surface area contributed by atoms with Crippen LogP contribution in [0, 0.1) is 0 Å². The quantitative estimate of drug-likeness (QED) is 0.913. The summed E-state index contributed by atoms with van der Waals surface area (Å²) in [4.78, 5) is 26.1. The molecule has 0 aromatic heterocycles. The van der Waals surface area contributed by atoms with Gasteiger partial charge in [-0.3, -0.25) is 9.59 Å². The molecule has 2 aromatic carbocycles. The molecule has 1 N–H and O–H groups in total.